The van der Waals surface area contributed by atoms with Gasteiger partial charge in [-0.05, 0) is 36.2 Å². The molecule has 2 rings (SSSR count). The van der Waals surface area contributed by atoms with Gasteiger partial charge in [-0.3, -0.25) is 0 Å². The molecule has 0 heterocycles. The van der Waals surface area contributed by atoms with E-state index in [4.69, 9.17) is 10.5 Å². The number of halogens is 1. The number of nitrogen functional groups attached to an aromatic ring is 1. The molecule has 0 aliphatic rings. The molecule has 0 aliphatic heterocycles. The van der Waals surface area contributed by atoms with Gasteiger partial charge in [0.1, 0.15) is 6.61 Å². The fourth-order valence-corrected chi connectivity index (χ4v) is 2.16. The highest BCUT2D eigenvalue weighted by atomic mass is 79.9. The summed E-state index contributed by atoms with van der Waals surface area (Å²) < 4.78 is 6.22. The van der Waals surface area contributed by atoms with Gasteiger partial charge in [-0.1, -0.05) is 40.2 Å². The van der Waals surface area contributed by atoms with E-state index in [-0.39, 0.29) is 6.61 Å². The van der Waals surface area contributed by atoms with Crippen LogP contribution in [0.15, 0.2) is 46.9 Å². The van der Waals surface area contributed by atoms with E-state index < -0.39 is 5.97 Å². The van der Waals surface area contributed by atoms with Crippen molar-refractivity contribution in [1.82, 2.24) is 0 Å². The zero-order valence-corrected chi connectivity index (χ0v) is 12.1. The van der Waals surface area contributed by atoms with Gasteiger partial charge in [-0.15, -0.1) is 0 Å². The zero-order valence-electron chi connectivity index (χ0n) is 10.5. The van der Waals surface area contributed by atoms with E-state index >= 15 is 0 Å². The maximum atomic E-state index is 12.0. The van der Waals surface area contributed by atoms with Crippen molar-refractivity contribution in [3.05, 3.63) is 63.6 Å². The summed E-state index contributed by atoms with van der Waals surface area (Å²) in [5.74, 6) is -0.402. The third-order valence-corrected chi connectivity index (χ3v) is 3.30. The largest absolute Gasteiger partial charge is 0.457 e. The number of esters is 1. The van der Waals surface area contributed by atoms with Crippen molar-refractivity contribution >= 4 is 27.6 Å². The Hall–Kier alpha value is -1.81. The Balaban J connectivity index is 2.08. The molecule has 0 radical (unpaired) electrons. The van der Waals surface area contributed by atoms with Crippen LogP contribution in [0.4, 0.5) is 5.69 Å². The van der Waals surface area contributed by atoms with E-state index in [1.54, 1.807) is 12.1 Å². The number of ether oxygens (including phenoxy) is 1. The molecular weight excluding hydrogens is 306 g/mol. The van der Waals surface area contributed by atoms with E-state index in [1.807, 2.05) is 37.3 Å². The predicted octanol–water partition coefficient (Wildman–Crippen LogP) is 3.70. The van der Waals surface area contributed by atoms with E-state index in [2.05, 4.69) is 15.9 Å². The van der Waals surface area contributed by atoms with Crippen molar-refractivity contribution in [2.75, 3.05) is 5.73 Å². The monoisotopic (exact) mass is 319 g/mol. The number of hydrogen-bond donors (Lipinski definition) is 1. The Morgan fingerprint density at radius 1 is 1.26 bits per heavy atom. The summed E-state index contributed by atoms with van der Waals surface area (Å²) in [7, 11) is 0. The lowest BCUT2D eigenvalue weighted by Crippen LogP contribution is -2.09. The predicted molar refractivity (Wildman–Crippen MR) is 78.9 cm³/mol. The molecule has 0 saturated carbocycles. The van der Waals surface area contributed by atoms with E-state index in [0.29, 0.717) is 11.3 Å². The second-order valence-corrected chi connectivity index (χ2v) is 5.16. The first-order valence-electron chi connectivity index (χ1n) is 5.84. The van der Waals surface area contributed by atoms with Crippen LogP contribution in [0, 0.1) is 6.92 Å². The number of nitrogens with two attached hydrogens (primary N) is 1. The third-order valence-electron chi connectivity index (χ3n) is 2.80. The van der Waals surface area contributed by atoms with Crippen molar-refractivity contribution in [1.29, 1.82) is 0 Å². The molecule has 0 spiro atoms. The van der Waals surface area contributed by atoms with Crippen molar-refractivity contribution < 1.29 is 9.53 Å². The summed E-state index contributed by atoms with van der Waals surface area (Å²) in [6, 6.07) is 13.0. The molecule has 0 aliphatic carbocycles. The normalized spacial score (nSPS) is 10.2. The van der Waals surface area contributed by atoms with Gasteiger partial charge in [0.2, 0.25) is 0 Å². The number of para-hydroxylation sites is 1. The minimum absolute atomic E-state index is 0.228. The van der Waals surface area contributed by atoms with E-state index in [9.17, 15) is 4.79 Å². The molecule has 0 saturated heterocycles. The van der Waals surface area contributed by atoms with Crippen LogP contribution in [-0.2, 0) is 11.3 Å². The summed E-state index contributed by atoms with van der Waals surface area (Å²) in [6.45, 7) is 2.09. The van der Waals surface area contributed by atoms with Crippen LogP contribution in [-0.4, -0.2) is 5.97 Å². The van der Waals surface area contributed by atoms with Gasteiger partial charge in [-0.2, -0.15) is 0 Å². The second-order valence-electron chi connectivity index (χ2n) is 4.24. The smallest absolute Gasteiger partial charge is 0.340 e. The van der Waals surface area contributed by atoms with Gasteiger partial charge in [0, 0.05) is 10.2 Å². The Kier molecular flexibility index (Phi) is 4.22. The molecule has 0 bridgehead atoms. The first-order chi connectivity index (χ1) is 9.08. The Labute approximate surface area is 120 Å². The molecule has 3 nitrogen and oxygen atoms in total. The first kappa shape index (κ1) is 13.6. The van der Waals surface area contributed by atoms with Gasteiger partial charge in [0.25, 0.3) is 0 Å². The van der Waals surface area contributed by atoms with Crippen molar-refractivity contribution in [2.24, 2.45) is 0 Å². The minimum atomic E-state index is -0.402. The summed E-state index contributed by atoms with van der Waals surface area (Å²) in [5.41, 5.74) is 8.55. The van der Waals surface area contributed by atoms with Gasteiger partial charge < -0.3 is 10.5 Å². The maximum absolute atomic E-state index is 12.0. The SMILES string of the molecule is Cc1cccc(C(=O)OCc2cccc(Br)c2)c1N. The lowest BCUT2D eigenvalue weighted by molar-refractivity contribution is 0.0474. The molecule has 2 aromatic rings. The molecule has 0 fully saturated rings. The number of aryl methyl sites for hydroxylation is 1. The van der Waals surface area contributed by atoms with Gasteiger partial charge in [0.05, 0.1) is 5.56 Å². The van der Waals surface area contributed by atoms with Crippen LogP contribution in [0.5, 0.6) is 0 Å². The number of benzene rings is 2. The fourth-order valence-electron chi connectivity index (χ4n) is 1.71. The van der Waals surface area contributed by atoms with Crippen LogP contribution in [0.1, 0.15) is 21.5 Å². The third kappa shape index (κ3) is 3.35. The second kappa shape index (κ2) is 5.89. The number of hydrogen-bond acceptors (Lipinski definition) is 3. The Morgan fingerprint density at radius 2 is 2.00 bits per heavy atom. The maximum Gasteiger partial charge on any atom is 0.340 e. The molecule has 0 amide bonds. The molecule has 0 atom stereocenters. The zero-order chi connectivity index (χ0) is 13.8. The molecule has 19 heavy (non-hydrogen) atoms. The van der Waals surface area contributed by atoms with Crippen molar-refractivity contribution in [2.45, 2.75) is 13.5 Å². The average molecular weight is 320 g/mol. The average Bonchev–Trinajstić information content (AvgIpc) is 2.39. The lowest BCUT2D eigenvalue weighted by Gasteiger charge is -2.09. The summed E-state index contributed by atoms with van der Waals surface area (Å²) >= 11 is 3.37. The number of carbonyl (C=O) groups is 1. The van der Waals surface area contributed by atoms with Crippen LogP contribution in [0.2, 0.25) is 0 Å². The number of carbonyl (C=O) groups excluding carboxylic acids is 1. The van der Waals surface area contributed by atoms with Crippen molar-refractivity contribution in [3.8, 4) is 0 Å². The van der Waals surface area contributed by atoms with Gasteiger partial charge in [0.15, 0.2) is 0 Å². The van der Waals surface area contributed by atoms with E-state index in [1.165, 1.54) is 0 Å². The first-order valence-corrected chi connectivity index (χ1v) is 6.64. The van der Waals surface area contributed by atoms with Crippen molar-refractivity contribution in [3.63, 3.8) is 0 Å². The molecule has 98 valence electrons. The number of rotatable bonds is 3. The highest BCUT2D eigenvalue weighted by Gasteiger charge is 2.12. The van der Waals surface area contributed by atoms with Crippen LogP contribution in [0.3, 0.4) is 0 Å². The fraction of sp³-hybridized carbons (Fsp3) is 0.133. The highest BCUT2D eigenvalue weighted by Crippen LogP contribution is 2.18. The standard InChI is InChI=1S/C15H14BrNO2/c1-10-4-2-7-13(14(10)17)15(18)19-9-11-5-3-6-12(16)8-11/h2-8H,9,17H2,1H3. The molecule has 0 unspecified atom stereocenters. The Morgan fingerprint density at radius 3 is 2.74 bits per heavy atom. The van der Waals surface area contributed by atoms with Gasteiger partial charge >= 0.3 is 5.97 Å². The van der Waals surface area contributed by atoms with E-state index in [0.717, 1.165) is 15.6 Å². The summed E-state index contributed by atoms with van der Waals surface area (Å²) in [6.07, 6.45) is 0. The summed E-state index contributed by atoms with van der Waals surface area (Å²) in [4.78, 5) is 12.0. The lowest BCUT2D eigenvalue weighted by atomic mass is 10.1. The number of anilines is 1. The Bertz CT molecular complexity index is 611. The molecule has 2 aromatic carbocycles. The highest BCUT2D eigenvalue weighted by molar-refractivity contribution is 9.10. The van der Waals surface area contributed by atoms with Crippen LogP contribution < -0.4 is 5.73 Å². The molecular formula is C15H14BrNO2. The van der Waals surface area contributed by atoms with Gasteiger partial charge in [-0.25, -0.2) is 4.79 Å². The molecule has 2 N–H and O–H groups in total. The van der Waals surface area contributed by atoms with Crippen LogP contribution >= 0.6 is 15.9 Å². The minimum Gasteiger partial charge on any atom is -0.457 e. The molecule has 4 heteroatoms. The summed E-state index contributed by atoms with van der Waals surface area (Å²) in [5, 5.41) is 0. The quantitative estimate of drug-likeness (QED) is 0.693. The van der Waals surface area contributed by atoms with Crippen LogP contribution in [0.25, 0.3) is 0 Å². The topological polar surface area (TPSA) is 52.3 Å². The molecule has 0 aromatic heterocycles.